The Morgan fingerprint density at radius 2 is 1.95 bits per heavy atom. The quantitative estimate of drug-likeness (QED) is 0.734. The van der Waals surface area contributed by atoms with Gasteiger partial charge in [-0.15, -0.1) is 0 Å². The van der Waals surface area contributed by atoms with Crippen LogP contribution >= 0.6 is 27.5 Å². The largest absolute Gasteiger partial charge is 0.392 e. The zero-order chi connectivity index (χ0) is 14.1. The highest BCUT2D eigenvalue weighted by molar-refractivity contribution is 9.10. The summed E-state index contributed by atoms with van der Waals surface area (Å²) in [4.78, 5) is 0. The summed E-state index contributed by atoms with van der Waals surface area (Å²) in [6.45, 7) is 0.769. The predicted molar refractivity (Wildman–Crippen MR) is 86.1 cm³/mol. The molecule has 0 saturated carbocycles. The van der Waals surface area contributed by atoms with Gasteiger partial charge < -0.3 is 9.67 Å². The second-order valence-electron chi connectivity index (χ2n) is 4.73. The third-order valence-electron chi connectivity index (χ3n) is 3.38. The average Bonchev–Trinajstić information content (AvgIpc) is 2.84. The van der Waals surface area contributed by atoms with Gasteiger partial charge in [0, 0.05) is 27.8 Å². The summed E-state index contributed by atoms with van der Waals surface area (Å²) in [5.41, 5.74) is 3.09. The third kappa shape index (κ3) is 2.62. The van der Waals surface area contributed by atoms with E-state index in [4.69, 9.17) is 11.6 Å². The molecule has 1 N–H and O–H groups in total. The van der Waals surface area contributed by atoms with E-state index in [9.17, 15) is 5.11 Å². The highest BCUT2D eigenvalue weighted by atomic mass is 79.9. The van der Waals surface area contributed by atoms with Gasteiger partial charge in [-0.3, -0.25) is 0 Å². The molecule has 2 nitrogen and oxygen atoms in total. The van der Waals surface area contributed by atoms with Crippen molar-refractivity contribution in [3.63, 3.8) is 0 Å². The molecule has 0 saturated heterocycles. The monoisotopic (exact) mass is 349 g/mol. The van der Waals surface area contributed by atoms with Crippen LogP contribution in [0.1, 0.15) is 11.1 Å². The van der Waals surface area contributed by atoms with Crippen molar-refractivity contribution < 1.29 is 5.11 Å². The first-order valence-corrected chi connectivity index (χ1v) is 7.47. The number of benzene rings is 2. The number of rotatable bonds is 3. The van der Waals surface area contributed by atoms with E-state index in [1.165, 1.54) is 0 Å². The number of fused-ring (bicyclic) bond motifs is 1. The van der Waals surface area contributed by atoms with E-state index in [-0.39, 0.29) is 6.61 Å². The third-order valence-corrected chi connectivity index (χ3v) is 4.22. The summed E-state index contributed by atoms with van der Waals surface area (Å²) in [6.07, 6.45) is 2.05. The summed E-state index contributed by atoms with van der Waals surface area (Å²) in [6, 6.07) is 14.0. The molecular weight excluding hydrogens is 338 g/mol. The Morgan fingerprint density at radius 1 is 1.10 bits per heavy atom. The van der Waals surface area contributed by atoms with Gasteiger partial charge in [-0.05, 0) is 40.8 Å². The lowest BCUT2D eigenvalue weighted by molar-refractivity contribution is 0.282. The van der Waals surface area contributed by atoms with Crippen LogP contribution in [0.25, 0.3) is 10.9 Å². The summed E-state index contributed by atoms with van der Waals surface area (Å²) in [7, 11) is 0. The molecule has 3 rings (SSSR count). The van der Waals surface area contributed by atoms with Crippen molar-refractivity contribution in [1.29, 1.82) is 0 Å². The molecule has 0 aliphatic rings. The van der Waals surface area contributed by atoms with Crippen molar-refractivity contribution in [3.05, 3.63) is 69.3 Å². The smallest absolute Gasteiger partial charge is 0.0682 e. The summed E-state index contributed by atoms with van der Waals surface area (Å²) < 4.78 is 3.12. The first-order chi connectivity index (χ1) is 9.67. The fourth-order valence-corrected chi connectivity index (χ4v) is 3.03. The Balaban J connectivity index is 2.01. The van der Waals surface area contributed by atoms with Crippen molar-refractivity contribution >= 4 is 38.4 Å². The van der Waals surface area contributed by atoms with Gasteiger partial charge in [0.05, 0.1) is 6.61 Å². The van der Waals surface area contributed by atoms with Crippen molar-refractivity contribution in [2.45, 2.75) is 13.2 Å². The molecule has 0 radical (unpaired) electrons. The number of nitrogens with zero attached hydrogens (tertiary/aromatic N) is 1. The van der Waals surface area contributed by atoms with Gasteiger partial charge in [0.15, 0.2) is 0 Å². The van der Waals surface area contributed by atoms with E-state index in [1.54, 1.807) is 0 Å². The van der Waals surface area contributed by atoms with Gasteiger partial charge in [-0.1, -0.05) is 45.7 Å². The summed E-state index contributed by atoms with van der Waals surface area (Å²) in [5, 5.41) is 11.2. The van der Waals surface area contributed by atoms with Gasteiger partial charge >= 0.3 is 0 Å². The lowest BCUT2D eigenvalue weighted by atomic mass is 10.1. The molecule has 4 heteroatoms. The predicted octanol–water partition coefficient (Wildman–Crippen LogP) is 4.60. The van der Waals surface area contributed by atoms with Crippen LogP contribution in [-0.4, -0.2) is 9.67 Å². The molecule has 3 aromatic rings. The van der Waals surface area contributed by atoms with E-state index >= 15 is 0 Å². The Morgan fingerprint density at radius 3 is 2.70 bits per heavy atom. The number of aromatic nitrogens is 1. The van der Waals surface area contributed by atoms with Crippen LogP contribution in [0.3, 0.4) is 0 Å². The van der Waals surface area contributed by atoms with Crippen LogP contribution in [0.5, 0.6) is 0 Å². The molecule has 102 valence electrons. The molecule has 0 aliphatic heterocycles. The second kappa shape index (κ2) is 5.60. The number of hydrogen-bond donors (Lipinski definition) is 1. The standard InChI is InChI=1S/C16H13BrClNO/c17-14-4-3-13(15(18)8-14)9-19-6-5-12-2-1-11(10-20)7-16(12)19/h1-8,20H,9-10H2. The molecule has 2 aromatic carbocycles. The van der Waals surface area contributed by atoms with Crippen LogP contribution in [-0.2, 0) is 13.2 Å². The fraction of sp³-hybridized carbons (Fsp3) is 0.125. The minimum absolute atomic E-state index is 0.0557. The van der Waals surface area contributed by atoms with Gasteiger partial charge in [0.1, 0.15) is 0 Å². The van der Waals surface area contributed by atoms with Crippen LogP contribution in [0, 0.1) is 0 Å². The first-order valence-electron chi connectivity index (χ1n) is 6.30. The second-order valence-corrected chi connectivity index (χ2v) is 6.05. The maximum atomic E-state index is 9.25. The molecule has 0 aliphatic carbocycles. The lowest BCUT2D eigenvalue weighted by Crippen LogP contribution is -1.99. The van der Waals surface area contributed by atoms with E-state index in [0.717, 1.165) is 31.5 Å². The van der Waals surface area contributed by atoms with E-state index in [0.29, 0.717) is 6.54 Å². The van der Waals surface area contributed by atoms with Crippen molar-refractivity contribution in [3.8, 4) is 0 Å². The van der Waals surface area contributed by atoms with Gasteiger partial charge in [-0.2, -0.15) is 0 Å². The van der Waals surface area contributed by atoms with Crippen LogP contribution in [0.15, 0.2) is 53.1 Å². The highest BCUT2D eigenvalue weighted by Crippen LogP contribution is 2.24. The number of aliphatic hydroxyl groups excluding tert-OH is 1. The van der Waals surface area contributed by atoms with Crippen LogP contribution in [0.4, 0.5) is 0 Å². The molecule has 0 unspecified atom stereocenters. The van der Waals surface area contributed by atoms with E-state index in [2.05, 4.69) is 26.6 Å². The maximum Gasteiger partial charge on any atom is 0.0682 e. The Bertz CT molecular complexity index is 766. The Kier molecular flexibility index (Phi) is 3.83. The van der Waals surface area contributed by atoms with Gasteiger partial charge in [0.25, 0.3) is 0 Å². The molecule has 0 atom stereocenters. The molecule has 1 heterocycles. The lowest BCUT2D eigenvalue weighted by Gasteiger charge is -2.09. The van der Waals surface area contributed by atoms with Gasteiger partial charge in [0.2, 0.25) is 0 Å². The normalized spacial score (nSPS) is 11.2. The molecule has 0 spiro atoms. The van der Waals surface area contributed by atoms with E-state index in [1.807, 2.05) is 42.6 Å². The molecule has 0 amide bonds. The summed E-state index contributed by atoms with van der Waals surface area (Å²) in [5.74, 6) is 0. The zero-order valence-corrected chi connectivity index (χ0v) is 13.0. The van der Waals surface area contributed by atoms with Gasteiger partial charge in [-0.25, -0.2) is 0 Å². The SMILES string of the molecule is OCc1ccc2ccn(Cc3ccc(Br)cc3Cl)c2c1. The highest BCUT2D eigenvalue weighted by Gasteiger charge is 2.06. The molecule has 20 heavy (non-hydrogen) atoms. The first kappa shape index (κ1) is 13.7. The van der Waals surface area contributed by atoms with Crippen molar-refractivity contribution in [2.24, 2.45) is 0 Å². The summed E-state index contributed by atoms with van der Waals surface area (Å²) >= 11 is 9.69. The van der Waals surface area contributed by atoms with Crippen LogP contribution in [0.2, 0.25) is 5.02 Å². The Hall–Kier alpha value is -1.29. The minimum atomic E-state index is 0.0557. The fourth-order valence-electron chi connectivity index (χ4n) is 2.30. The van der Waals surface area contributed by atoms with E-state index < -0.39 is 0 Å². The Labute approximate surface area is 130 Å². The number of hydrogen-bond acceptors (Lipinski definition) is 1. The minimum Gasteiger partial charge on any atom is -0.392 e. The topological polar surface area (TPSA) is 25.2 Å². The molecule has 0 fully saturated rings. The molecule has 1 aromatic heterocycles. The average molecular weight is 351 g/mol. The molecule has 0 bridgehead atoms. The van der Waals surface area contributed by atoms with Crippen molar-refractivity contribution in [1.82, 2.24) is 4.57 Å². The molecular formula is C16H13BrClNO. The number of aliphatic hydroxyl groups is 1. The number of halogens is 2. The maximum absolute atomic E-state index is 9.25. The zero-order valence-electron chi connectivity index (χ0n) is 10.7. The van der Waals surface area contributed by atoms with Crippen molar-refractivity contribution in [2.75, 3.05) is 0 Å². The van der Waals surface area contributed by atoms with Crippen LogP contribution < -0.4 is 0 Å².